The van der Waals surface area contributed by atoms with E-state index in [1.165, 1.54) is 11.5 Å². The summed E-state index contributed by atoms with van der Waals surface area (Å²) >= 11 is 7.42. The van der Waals surface area contributed by atoms with Crippen LogP contribution in [0.5, 0.6) is 0 Å². The standard InChI is InChI=1S/C14H19ClN4S/c1-14(2,3)13-12(20-19-18-13)11(17-16)8-9-5-4-6-10(15)7-9/h4-7,11,17H,8,16H2,1-3H3. The summed E-state index contributed by atoms with van der Waals surface area (Å²) in [4.78, 5) is 1.08. The molecule has 0 bridgehead atoms. The molecule has 1 unspecified atom stereocenters. The number of rotatable bonds is 4. The van der Waals surface area contributed by atoms with E-state index in [2.05, 4.69) is 35.8 Å². The van der Waals surface area contributed by atoms with Crippen molar-refractivity contribution in [1.82, 2.24) is 15.0 Å². The van der Waals surface area contributed by atoms with Gasteiger partial charge in [-0.1, -0.05) is 49.0 Å². The first-order chi connectivity index (χ1) is 9.41. The topological polar surface area (TPSA) is 63.8 Å². The van der Waals surface area contributed by atoms with Crippen LogP contribution in [0, 0.1) is 0 Å². The van der Waals surface area contributed by atoms with Crippen molar-refractivity contribution in [2.75, 3.05) is 0 Å². The second-order valence-corrected chi connectivity index (χ2v) is 7.01. The van der Waals surface area contributed by atoms with Gasteiger partial charge in [-0.05, 0) is 35.6 Å². The molecular weight excluding hydrogens is 292 g/mol. The van der Waals surface area contributed by atoms with Crippen LogP contribution in [-0.2, 0) is 11.8 Å². The second kappa shape index (κ2) is 6.18. The van der Waals surface area contributed by atoms with Gasteiger partial charge in [0.2, 0.25) is 0 Å². The third-order valence-electron chi connectivity index (χ3n) is 3.07. The van der Waals surface area contributed by atoms with E-state index >= 15 is 0 Å². The van der Waals surface area contributed by atoms with Crippen LogP contribution < -0.4 is 11.3 Å². The Labute approximate surface area is 128 Å². The van der Waals surface area contributed by atoms with Gasteiger partial charge in [0.05, 0.1) is 16.6 Å². The lowest BCUT2D eigenvalue weighted by molar-refractivity contribution is 0.515. The van der Waals surface area contributed by atoms with Crippen LogP contribution in [0.2, 0.25) is 5.02 Å². The van der Waals surface area contributed by atoms with E-state index in [1.807, 2.05) is 24.3 Å². The van der Waals surface area contributed by atoms with Crippen LogP contribution in [0.1, 0.15) is 42.9 Å². The van der Waals surface area contributed by atoms with Crippen LogP contribution in [0.25, 0.3) is 0 Å². The summed E-state index contributed by atoms with van der Waals surface area (Å²) in [5.74, 6) is 5.73. The maximum atomic E-state index is 6.03. The van der Waals surface area contributed by atoms with Gasteiger partial charge in [-0.3, -0.25) is 11.3 Å². The molecule has 0 saturated heterocycles. The van der Waals surface area contributed by atoms with Gasteiger partial charge in [0.25, 0.3) is 0 Å². The molecule has 1 aromatic carbocycles. The number of hydrazine groups is 1. The molecule has 108 valence electrons. The lowest BCUT2D eigenvalue weighted by atomic mass is 9.89. The molecule has 0 aliphatic carbocycles. The summed E-state index contributed by atoms with van der Waals surface area (Å²) in [5.41, 5.74) is 4.95. The lowest BCUT2D eigenvalue weighted by Crippen LogP contribution is -2.31. The lowest BCUT2D eigenvalue weighted by Gasteiger charge is -2.21. The number of nitrogens with zero attached hydrogens (tertiary/aromatic N) is 2. The molecular formula is C14H19ClN4S. The Bertz CT molecular complexity index is 577. The maximum Gasteiger partial charge on any atom is 0.0857 e. The van der Waals surface area contributed by atoms with Crippen LogP contribution >= 0.6 is 23.1 Å². The summed E-state index contributed by atoms with van der Waals surface area (Å²) in [5, 5.41) is 5.00. The minimum atomic E-state index is -0.0498. The highest BCUT2D eigenvalue weighted by Gasteiger charge is 2.26. The number of nitrogens with one attached hydrogen (secondary N) is 1. The third-order valence-corrected chi connectivity index (χ3v) is 4.14. The average Bonchev–Trinajstić information content (AvgIpc) is 2.85. The first kappa shape index (κ1) is 15.4. The van der Waals surface area contributed by atoms with Gasteiger partial charge in [-0.2, -0.15) is 0 Å². The minimum absolute atomic E-state index is 0.0114. The summed E-state index contributed by atoms with van der Waals surface area (Å²) < 4.78 is 4.09. The number of hydrogen-bond donors (Lipinski definition) is 2. The fourth-order valence-corrected chi connectivity index (χ4v) is 3.21. The highest BCUT2D eigenvalue weighted by molar-refractivity contribution is 7.05. The van der Waals surface area contributed by atoms with Crippen molar-refractivity contribution >= 4 is 23.1 Å². The van der Waals surface area contributed by atoms with Crippen LogP contribution in [0.3, 0.4) is 0 Å². The molecule has 1 atom stereocenters. The molecule has 1 aromatic heterocycles. The zero-order valence-corrected chi connectivity index (χ0v) is 13.4. The molecule has 0 saturated carbocycles. The predicted octanol–water partition coefficient (Wildman–Crippen LogP) is 3.24. The van der Waals surface area contributed by atoms with Crippen LogP contribution in [0.15, 0.2) is 24.3 Å². The third kappa shape index (κ3) is 3.55. The molecule has 0 aliphatic heterocycles. The van der Waals surface area contributed by atoms with Crippen molar-refractivity contribution in [3.8, 4) is 0 Å². The fraction of sp³-hybridized carbons (Fsp3) is 0.429. The molecule has 0 spiro atoms. The average molecular weight is 311 g/mol. The Morgan fingerprint density at radius 2 is 2.15 bits per heavy atom. The van der Waals surface area contributed by atoms with Gasteiger partial charge in [-0.15, -0.1) is 5.10 Å². The number of aromatic nitrogens is 2. The van der Waals surface area contributed by atoms with E-state index in [-0.39, 0.29) is 11.5 Å². The predicted molar refractivity (Wildman–Crippen MR) is 83.8 cm³/mol. The second-order valence-electron chi connectivity index (χ2n) is 5.79. The number of benzene rings is 1. The molecule has 20 heavy (non-hydrogen) atoms. The quantitative estimate of drug-likeness (QED) is 0.672. The zero-order chi connectivity index (χ0) is 14.8. The van der Waals surface area contributed by atoms with E-state index in [4.69, 9.17) is 17.4 Å². The smallest absolute Gasteiger partial charge is 0.0857 e. The van der Waals surface area contributed by atoms with E-state index < -0.39 is 0 Å². The number of hydrogen-bond acceptors (Lipinski definition) is 5. The number of nitrogens with two attached hydrogens (primary N) is 1. The van der Waals surface area contributed by atoms with Crippen molar-refractivity contribution in [2.45, 2.75) is 38.6 Å². The van der Waals surface area contributed by atoms with Crippen LogP contribution in [0.4, 0.5) is 0 Å². The molecule has 6 heteroatoms. The van der Waals surface area contributed by atoms with E-state index in [9.17, 15) is 0 Å². The SMILES string of the molecule is CC(C)(C)c1nnsc1C(Cc1cccc(Cl)c1)NN. The minimum Gasteiger partial charge on any atom is -0.271 e. The highest BCUT2D eigenvalue weighted by atomic mass is 35.5. The summed E-state index contributed by atoms with van der Waals surface area (Å²) in [6.45, 7) is 6.38. The van der Waals surface area contributed by atoms with Gasteiger partial charge >= 0.3 is 0 Å². The molecule has 0 radical (unpaired) electrons. The Balaban J connectivity index is 2.27. The molecule has 3 N–H and O–H groups in total. The van der Waals surface area contributed by atoms with E-state index in [0.717, 1.165) is 27.6 Å². The van der Waals surface area contributed by atoms with Crippen LogP contribution in [-0.4, -0.2) is 9.59 Å². The van der Waals surface area contributed by atoms with Crippen molar-refractivity contribution in [3.63, 3.8) is 0 Å². The molecule has 1 heterocycles. The molecule has 2 rings (SSSR count). The van der Waals surface area contributed by atoms with Crippen molar-refractivity contribution in [1.29, 1.82) is 0 Å². The summed E-state index contributed by atoms with van der Waals surface area (Å²) in [6.07, 6.45) is 0.754. The summed E-state index contributed by atoms with van der Waals surface area (Å²) in [7, 11) is 0. The van der Waals surface area contributed by atoms with Gasteiger partial charge in [0.1, 0.15) is 0 Å². The first-order valence-corrected chi connectivity index (χ1v) is 7.60. The largest absolute Gasteiger partial charge is 0.271 e. The normalized spacial score (nSPS) is 13.4. The van der Waals surface area contributed by atoms with Crippen molar-refractivity contribution < 1.29 is 0 Å². The maximum absolute atomic E-state index is 6.03. The molecule has 0 amide bonds. The van der Waals surface area contributed by atoms with Gasteiger partial charge in [0, 0.05) is 10.4 Å². The zero-order valence-electron chi connectivity index (χ0n) is 11.9. The van der Waals surface area contributed by atoms with Crippen molar-refractivity contribution in [3.05, 3.63) is 45.4 Å². The van der Waals surface area contributed by atoms with Gasteiger partial charge in [0.15, 0.2) is 0 Å². The highest BCUT2D eigenvalue weighted by Crippen LogP contribution is 2.31. The van der Waals surface area contributed by atoms with E-state index in [0.29, 0.717) is 0 Å². The Hall–Kier alpha value is -1.01. The molecule has 0 aliphatic rings. The van der Waals surface area contributed by atoms with Gasteiger partial charge in [-0.25, -0.2) is 0 Å². The Morgan fingerprint density at radius 3 is 2.75 bits per heavy atom. The van der Waals surface area contributed by atoms with E-state index in [1.54, 1.807) is 0 Å². The molecule has 4 nitrogen and oxygen atoms in total. The number of halogens is 1. The first-order valence-electron chi connectivity index (χ1n) is 6.45. The summed E-state index contributed by atoms with van der Waals surface area (Å²) in [6, 6.07) is 7.80. The van der Waals surface area contributed by atoms with Gasteiger partial charge < -0.3 is 0 Å². The monoisotopic (exact) mass is 310 g/mol. The fourth-order valence-electron chi connectivity index (χ4n) is 2.07. The Morgan fingerprint density at radius 1 is 1.40 bits per heavy atom. The molecule has 0 fully saturated rings. The Kier molecular flexibility index (Phi) is 4.75. The molecule has 2 aromatic rings. The van der Waals surface area contributed by atoms with Crippen molar-refractivity contribution in [2.24, 2.45) is 5.84 Å².